The van der Waals surface area contributed by atoms with Crippen LogP contribution in [0.5, 0.6) is 5.75 Å². The smallest absolute Gasteiger partial charge is 0.120 e. The van der Waals surface area contributed by atoms with Gasteiger partial charge in [0.05, 0.1) is 7.11 Å². The summed E-state index contributed by atoms with van der Waals surface area (Å²) < 4.78 is 5.26. The van der Waals surface area contributed by atoms with E-state index >= 15 is 0 Å². The average Bonchev–Trinajstić information content (AvgIpc) is 2.40. The van der Waals surface area contributed by atoms with Gasteiger partial charge in [0.2, 0.25) is 0 Å². The highest BCUT2D eigenvalue weighted by Gasteiger charge is 2.16. The van der Waals surface area contributed by atoms with E-state index in [-0.39, 0.29) is 0 Å². The standard InChI is InChI=1S/C13H20N2OS/c1-16-13-4-2-3-12(11-13)15-7-5-14(6-8-15)9-10-17/h2-4,11,17H,5-10H2,1H3. The lowest BCUT2D eigenvalue weighted by atomic mass is 10.2. The van der Waals surface area contributed by atoms with Gasteiger partial charge in [0, 0.05) is 50.2 Å². The van der Waals surface area contributed by atoms with Crippen molar-refractivity contribution in [3.05, 3.63) is 24.3 Å². The molecule has 0 aromatic heterocycles. The lowest BCUT2D eigenvalue weighted by Gasteiger charge is -2.35. The maximum Gasteiger partial charge on any atom is 0.120 e. The minimum absolute atomic E-state index is 0.931. The molecule has 0 N–H and O–H groups in total. The van der Waals surface area contributed by atoms with E-state index in [1.54, 1.807) is 7.11 Å². The van der Waals surface area contributed by atoms with Crippen molar-refractivity contribution < 1.29 is 4.74 Å². The summed E-state index contributed by atoms with van der Waals surface area (Å²) in [4.78, 5) is 4.88. The number of benzene rings is 1. The van der Waals surface area contributed by atoms with Crippen LogP contribution in [0, 0.1) is 0 Å². The largest absolute Gasteiger partial charge is 0.497 e. The van der Waals surface area contributed by atoms with Gasteiger partial charge in [-0.3, -0.25) is 4.90 Å². The third kappa shape index (κ3) is 3.30. The topological polar surface area (TPSA) is 15.7 Å². The van der Waals surface area contributed by atoms with E-state index in [2.05, 4.69) is 34.6 Å². The van der Waals surface area contributed by atoms with Crippen molar-refractivity contribution in [2.75, 3.05) is 50.5 Å². The second-order valence-corrected chi connectivity index (χ2v) is 4.70. The quantitative estimate of drug-likeness (QED) is 0.822. The molecule has 17 heavy (non-hydrogen) atoms. The van der Waals surface area contributed by atoms with Crippen LogP contribution in [-0.4, -0.2) is 50.5 Å². The van der Waals surface area contributed by atoms with Crippen LogP contribution in [0.4, 0.5) is 5.69 Å². The third-order valence-corrected chi connectivity index (χ3v) is 3.41. The molecule has 0 bridgehead atoms. The normalized spacial score (nSPS) is 17.2. The number of hydrogen-bond acceptors (Lipinski definition) is 4. The van der Waals surface area contributed by atoms with E-state index in [9.17, 15) is 0 Å². The molecule has 3 nitrogen and oxygen atoms in total. The fraction of sp³-hybridized carbons (Fsp3) is 0.538. The summed E-state index contributed by atoms with van der Waals surface area (Å²) in [6, 6.07) is 8.29. The minimum Gasteiger partial charge on any atom is -0.497 e. The number of piperazine rings is 1. The molecular formula is C13H20N2OS. The summed E-state index contributed by atoms with van der Waals surface area (Å²) in [6.45, 7) is 5.51. The van der Waals surface area contributed by atoms with Crippen LogP contribution in [-0.2, 0) is 0 Å². The van der Waals surface area contributed by atoms with Gasteiger partial charge >= 0.3 is 0 Å². The number of hydrogen-bond donors (Lipinski definition) is 1. The first-order chi connectivity index (χ1) is 8.33. The average molecular weight is 252 g/mol. The Kier molecular flexibility index (Phi) is 4.57. The first-order valence-corrected chi connectivity index (χ1v) is 6.69. The van der Waals surface area contributed by atoms with E-state index < -0.39 is 0 Å². The van der Waals surface area contributed by atoms with Crippen molar-refractivity contribution >= 4 is 18.3 Å². The number of thiol groups is 1. The van der Waals surface area contributed by atoms with Crippen molar-refractivity contribution in [2.45, 2.75) is 0 Å². The highest BCUT2D eigenvalue weighted by molar-refractivity contribution is 7.80. The zero-order valence-corrected chi connectivity index (χ0v) is 11.2. The molecule has 1 saturated heterocycles. The Hall–Kier alpha value is -0.870. The fourth-order valence-electron chi connectivity index (χ4n) is 2.18. The van der Waals surface area contributed by atoms with Gasteiger partial charge in [-0.15, -0.1) is 0 Å². The first-order valence-electron chi connectivity index (χ1n) is 6.05. The molecule has 0 saturated carbocycles. The summed E-state index contributed by atoms with van der Waals surface area (Å²) in [7, 11) is 1.71. The Morgan fingerprint density at radius 1 is 1.24 bits per heavy atom. The van der Waals surface area contributed by atoms with Crippen LogP contribution >= 0.6 is 12.6 Å². The Morgan fingerprint density at radius 3 is 2.65 bits per heavy atom. The van der Waals surface area contributed by atoms with Crippen LogP contribution in [0.1, 0.15) is 0 Å². The molecule has 1 aliphatic rings. The second kappa shape index (κ2) is 6.17. The summed E-state index contributed by atoms with van der Waals surface area (Å²) in [5.41, 5.74) is 1.26. The fourth-order valence-corrected chi connectivity index (χ4v) is 2.46. The Morgan fingerprint density at radius 2 is 2.00 bits per heavy atom. The van der Waals surface area contributed by atoms with Gasteiger partial charge < -0.3 is 9.64 Å². The summed E-state index contributed by atoms with van der Waals surface area (Å²) in [5, 5.41) is 0. The Bertz CT molecular complexity index is 351. The molecule has 0 unspecified atom stereocenters. The zero-order valence-electron chi connectivity index (χ0n) is 10.3. The molecule has 0 radical (unpaired) electrons. The summed E-state index contributed by atoms with van der Waals surface area (Å²) in [6.07, 6.45) is 0. The maximum atomic E-state index is 5.26. The van der Waals surface area contributed by atoms with Crippen LogP contribution in [0.25, 0.3) is 0 Å². The number of methoxy groups -OCH3 is 1. The van der Waals surface area contributed by atoms with Crippen molar-refractivity contribution in [1.29, 1.82) is 0 Å². The lowest BCUT2D eigenvalue weighted by Crippen LogP contribution is -2.46. The molecule has 0 amide bonds. The zero-order chi connectivity index (χ0) is 12.1. The minimum atomic E-state index is 0.931. The van der Waals surface area contributed by atoms with Gasteiger partial charge in [0.1, 0.15) is 5.75 Å². The van der Waals surface area contributed by atoms with Gasteiger partial charge in [-0.1, -0.05) is 6.07 Å². The summed E-state index contributed by atoms with van der Waals surface area (Å²) >= 11 is 4.28. The predicted molar refractivity (Wildman–Crippen MR) is 75.5 cm³/mol. The molecule has 0 aliphatic carbocycles. The molecule has 1 aromatic rings. The van der Waals surface area contributed by atoms with Crippen LogP contribution in [0.2, 0.25) is 0 Å². The number of ether oxygens (including phenoxy) is 1. The van der Waals surface area contributed by atoms with E-state index in [1.807, 2.05) is 12.1 Å². The molecule has 2 rings (SSSR count). The second-order valence-electron chi connectivity index (χ2n) is 4.25. The van der Waals surface area contributed by atoms with Crippen molar-refractivity contribution in [3.8, 4) is 5.75 Å². The van der Waals surface area contributed by atoms with E-state index in [0.29, 0.717) is 0 Å². The number of nitrogens with zero attached hydrogens (tertiary/aromatic N) is 2. The van der Waals surface area contributed by atoms with Gasteiger partial charge in [0.15, 0.2) is 0 Å². The molecule has 1 heterocycles. The SMILES string of the molecule is COc1cccc(N2CCN(CCS)CC2)c1. The van der Waals surface area contributed by atoms with Gasteiger partial charge in [-0.2, -0.15) is 12.6 Å². The Labute approximate surface area is 109 Å². The molecule has 0 spiro atoms. The van der Waals surface area contributed by atoms with Crippen LogP contribution < -0.4 is 9.64 Å². The van der Waals surface area contributed by atoms with Crippen molar-refractivity contribution in [3.63, 3.8) is 0 Å². The van der Waals surface area contributed by atoms with E-state index in [1.165, 1.54) is 5.69 Å². The highest BCUT2D eigenvalue weighted by atomic mass is 32.1. The van der Waals surface area contributed by atoms with E-state index in [4.69, 9.17) is 4.74 Å². The molecule has 1 aromatic carbocycles. The molecular weight excluding hydrogens is 232 g/mol. The highest BCUT2D eigenvalue weighted by Crippen LogP contribution is 2.21. The number of rotatable bonds is 4. The van der Waals surface area contributed by atoms with Gasteiger partial charge in [-0.05, 0) is 12.1 Å². The molecule has 4 heteroatoms. The van der Waals surface area contributed by atoms with E-state index in [0.717, 1.165) is 44.2 Å². The number of anilines is 1. The summed E-state index contributed by atoms with van der Waals surface area (Å²) in [5.74, 6) is 1.87. The molecule has 0 atom stereocenters. The molecule has 1 aliphatic heterocycles. The third-order valence-electron chi connectivity index (χ3n) is 3.21. The predicted octanol–water partition coefficient (Wildman–Crippen LogP) is 1.75. The first kappa shape index (κ1) is 12.6. The molecule has 1 fully saturated rings. The monoisotopic (exact) mass is 252 g/mol. The Balaban J connectivity index is 1.95. The lowest BCUT2D eigenvalue weighted by molar-refractivity contribution is 0.273. The van der Waals surface area contributed by atoms with Crippen LogP contribution in [0.15, 0.2) is 24.3 Å². The van der Waals surface area contributed by atoms with Crippen molar-refractivity contribution in [1.82, 2.24) is 4.90 Å². The van der Waals surface area contributed by atoms with Crippen molar-refractivity contribution in [2.24, 2.45) is 0 Å². The molecule has 94 valence electrons. The van der Waals surface area contributed by atoms with Gasteiger partial charge in [0.25, 0.3) is 0 Å². The van der Waals surface area contributed by atoms with Crippen LogP contribution in [0.3, 0.4) is 0 Å². The maximum absolute atomic E-state index is 5.26. The van der Waals surface area contributed by atoms with Gasteiger partial charge in [-0.25, -0.2) is 0 Å².